The van der Waals surface area contributed by atoms with Gasteiger partial charge in [-0.2, -0.15) is 20.1 Å². The lowest BCUT2D eigenvalue weighted by Gasteiger charge is -2.13. The molecule has 0 bridgehead atoms. The molecule has 27 heavy (non-hydrogen) atoms. The Bertz CT molecular complexity index is 927. The standard InChI is InChI=1S/C18H18FN7O/c1-26(2)18-23-16(21-14-7-5-13(19)6-8-14)22-17(24-18)25-20-11-12-3-9-15(27)10-4-12/h3-11,27H,1-2H3,(H2,21,22,23,24,25)/b20-11-. The molecular formula is C18H18FN7O. The van der Waals surface area contributed by atoms with E-state index >= 15 is 0 Å². The van der Waals surface area contributed by atoms with Crippen molar-refractivity contribution in [2.45, 2.75) is 0 Å². The van der Waals surface area contributed by atoms with Crippen LogP contribution < -0.4 is 15.6 Å². The fourth-order valence-corrected chi connectivity index (χ4v) is 2.06. The molecule has 0 aliphatic carbocycles. The molecule has 2 aromatic carbocycles. The molecule has 3 aromatic rings. The predicted octanol–water partition coefficient (Wildman–Crippen LogP) is 2.97. The number of phenols is 1. The Morgan fingerprint density at radius 2 is 1.63 bits per heavy atom. The first-order valence-corrected chi connectivity index (χ1v) is 8.04. The number of benzene rings is 2. The molecule has 138 valence electrons. The molecule has 0 fully saturated rings. The number of aromatic hydroxyl groups is 1. The number of phenolic OH excluding ortho intramolecular Hbond substituents is 1. The van der Waals surface area contributed by atoms with Crippen LogP contribution in [-0.4, -0.2) is 40.4 Å². The van der Waals surface area contributed by atoms with Crippen molar-refractivity contribution in [1.29, 1.82) is 0 Å². The molecule has 0 aliphatic heterocycles. The highest BCUT2D eigenvalue weighted by Crippen LogP contribution is 2.17. The van der Waals surface area contributed by atoms with Gasteiger partial charge in [-0.3, -0.25) is 0 Å². The zero-order valence-corrected chi connectivity index (χ0v) is 14.8. The van der Waals surface area contributed by atoms with Gasteiger partial charge in [0.1, 0.15) is 11.6 Å². The van der Waals surface area contributed by atoms with Crippen molar-refractivity contribution in [3.05, 3.63) is 59.9 Å². The van der Waals surface area contributed by atoms with E-state index in [1.165, 1.54) is 12.1 Å². The minimum atomic E-state index is -0.323. The highest BCUT2D eigenvalue weighted by Gasteiger charge is 2.08. The van der Waals surface area contributed by atoms with Gasteiger partial charge in [0, 0.05) is 19.8 Å². The van der Waals surface area contributed by atoms with Crippen molar-refractivity contribution in [3.8, 4) is 5.75 Å². The molecule has 0 atom stereocenters. The first-order valence-electron chi connectivity index (χ1n) is 8.04. The molecule has 0 spiro atoms. The first kappa shape index (κ1) is 18.1. The maximum absolute atomic E-state index is 13.0. The highest BCUT2D eigenvalue weighted by atomic mass is 19.1. The second-order valence-electron chi connectivity index (χ2n) is 5.77. The van der Waals surface area contributed by atoms with Crippen LogP contribution in [0.5, 0.6) is 5.75 Å². The van der Waals surface area contributed by atoms with Gasteiger partial charge in [-0.05, 0) is 54.1 Å². The second-order valence-corrected chi connectivity index (χ2v) is 5.77. The molecule has 0 saturated heterocycles. The van der Waals surface area contributed by atoms with Crippen molar-refractivity contribution >= 4 is 29.7 Å². The van der Waals surface area contributed by atoms with Gasteiger partial charge in [0.05, 0.1) is 6.21 Å². The topological polar surface area (TPSA) is 98.6 Å². The van der Waals surface area contributed by atoms with Gasteiger partial charge >= 0.3 is 0 Å². The average molecular weight is 367 g/mol. The number of halogens is 1. The molecule has 9 heteroatoms. The quantitative estimate of drug-likeness (QED) is 0.455. The third-order valence-corrected chi connectivity index (χ3v) is 3.40. The normalized spacial score (nSPS) is 10.8. The lowest BCUT2D eigenvalue weighted by atomic mass is 10.2. The van der Waals surface area contributed by atoms with Crippen LogP contribution in [0.15, 0.2) is 53.6 Å². The number of hydrazone groups is 1. The fourth-order valence-electron chi connectivity index (χ4n) is 2.06. The number of hydrogen-bond acceptors (Lipinski definition) is 8. The van der Waals surface area contributed by atoms with Gasteiger partial charge in [0.2, 0.25) is 17.8 Å². The monoisotopic (exact) mass is 367 g/mol. The van der Waals surface area contributed by atoms with Crippen molar-refractivity contribution in [3.63, 3.8) is 0 Å². The third-order valence-electron chi connectivity index (χ3n) is 3.40. The number of nitrogens with one attached hydrogen (secondary N) is 2. The molecule has 8 nitrogen and oxygen atoms in total. The lowest BCUT2D eigenvalue weighted by Crippen LogP contribution is -2.15. The Hall–Kier alpha value is -3.75. The largest absolute Gasteiger partial charge is 0.508 e. The summed E-state index contributed by atoms with van der Waals surface area (Å²) in [5.74, 6) is 0.828. The Morgan fingerprint density at radius 1 is 0.963 bits per heavy atom. The first-order chi connectivity index (χ1) is 13.0. The Kier molecular flexibility index (Phi) is 5.41. The highest BCUT2D eigenvalue weighted by molar-refractivity contribution is 5.80. The molecule has 0 aliphatic rings. The van der Waals surface area contributed by atoms with Gasteiger partial charge in [-0.25, -0.2) is 9.82 Å². The van der Waals surface area contributed by atoms with Gasteiger partial charge in [-0.15, -0.1) is 0 Å². The maximum Gasteiger partial charge on any atom is 0.250 e. The molecule has 1 aromatic heterocycles. The molecular weight excluding hydrogens is 349 g/mol. The minimum absolute atomic E-state index is 0.185. The summed E-state index contributed by atoms with van der Waals surface area (Å²) < 4.78 is 13.0. The van der Waals surface area contributed by atoms with Crippen LogP contribution in [0.2, 0.25) is 0 Å². The van der Waals surface area contributed by atoms with E-state index in [1.807, 2.05) is 0 Å². The van der Waals surface area contributed by atoms with Crippen LogP contribution in [0.25, 0.3) is 0 Å². The van der Waals surface area contributed by atoms with Gasteiger partial charge in [-0.1, -0.05) is 0 Å². The molecule has 0 radical (unpaired) electrons. The van der Waals surface area contributed by atoms with Crippen LogP contribution in [0.3, 0.4) is 0 Å². The van der Waals surface area contributed by atoms with Crippen molar-refractivity contribution in [2.75, 3.05) is 29.7 Å². The average Bonchev–Trinajstić information content (AvgIpc) is 2.65. The summed E-state index contributed by atoms with van der Waals surface area (Å²) in [6.45, 7) is 0. The molecule has 0 saturated carbocycles. The molecule has 3 rings (SSSR count). The van der Waals surface area contributed by atoms with E-state index in [1.54, 1.807) is 61.6 Å². The summed E-state index contributed by atoms with van der Waals surface area (Å²) in [6, 6.07) is 12.4. The number of aromatic nitrogens is 3. The van der Waals surface area contributed by atoms with E-state index in [0.717, 1.165) is 5.56 Å². The van der Waals surface area contributed by atoms with E-state index in [9.17, 15) is 9.50 Å². The van der Waals surface area contributed by atoms with Crippen LogP contribution in [0.1, 0.15) is 5.56 Å². The van der Waals surface area contributed by atoms with Crippen LogP contribution in [0.4, 0.5) is 27.9 Å². The van der Waals surface area contributed by atoms with Crippen molar-refractivity contribution in [1.82, 2.24) is 15.0 Å². The van der Waals surface area contributed by atoms with Crippen LogP contribution in [0, 0.1) is 5.82 Å². The predicted molar refractivity (Wildman–Crippen MR) is 103 cm³/mol. The van der Waals surface area contributed by atoms with E-state index in [-0.39, 0.29) is 17.5 Å². The van der Waals surface area contributed by atoms with E-state index in [2.05, 4.69) is 30.8 Å². The van der Waals surface area contributed by atoms with Crippen molar-refractivity contribution < 1.29 is 9.50 Å². The minimum Gasteiger partial charge on any atom is -0.508 e. The number of anilines is 4. The fraction of sp³-hybridized carbons (Fsp3) is 0.111. The summed E-state index contributed by atoms with van der Waals surface area (Å²) in [5.41, 5.74) is 4.20. The van der Waals surface area contributed by atoms with E-state index < -0.39 is 0 Å². The van der Waals surface area contributed by atoms with E-state index in [0.29, 0.717) is 17.6 Å². The van der Waals surface area contributed by atoms with E-state index in [4.69, 9.17) is 0 Å². The summed E-state index contributed by atoms with van der Waals surface area (Å²) in [4.78, 5) is 14.6. The zero-order chi connectivity index (χ0) is 19.2. The molecule has 3 N–H and O–H groups in total. The van der Waals surface area contributed by atoms with Gasteiger partial charge < -0.3 is 15.3 Å². The SMILES string of the molecule is CN(C)c1nc(N/N=C\c2ccc(O)cc2)nc(Nc2ccc(F)cc2)n1. The maximum atomic E-state index is 13.0. The number of rotatable bonds is 6. The Labute approximate surface area is 155 Å². The molecule has 0 amide bonds. The van der Waals surface area contributed by atoms with Crippen LogP contribution in [-0.2, 0) is 0 Å². The Balaban J connectivity index is 1.78. The van der Waals surface area contributed by atoms with Crippen LogP contribution >= 0.6 is 0 Å². The number of nitrogens with zero attached hydrogens (tertiary/aromatic N) is 5. The van der Waals surface area contributed by atoms with Gasteiger partial charge in [0.15, 0.2) is 0 Å². The van der Waals surface area contributed by atoms with Gasteiger partial charge in [0.25, 0.3) is 0 Å². The third kappa shape index (κ3) is 5.11. The summed E-state index contributed by atoms with van der Waals surface area (Å²) in [5, 5.41) is 16.4. The molecule has 0 unspecified atom stereocenters. The zero-order valence-electron chi connectivity index (χ0n) is 14.8. The summed E-state index contributed by atoms with van der Waals surface area (Å²) in [6.07, 6.45) is 1.58. The summed E-state index contributed by atoms with van der Waals surface area (Å²) in [7, 11) is 3.61. The lowest BCUT2D eigenvalue weighted by molar-refractivity contribution is 0.475. The summed E-state index contributed by atoms with van der Waals surface area (Å²) >= 11 is 0. The smallest absolute Gasteiger partial charge is 0.250 e. The second kappa shape index (κ2) is 8.09. The van der Waals surface area contributed by atoms with Crippen molar-refractivity contribution in [2.24, 2.45) is 5.10 Å². The number of hydrogen-bond donors (Lipinski definition) is 3. The molecule has 1 heterocycles. The Morgan fingerprint density at radius 3 is 2.30 bits per heavy atom.